The molecule has 0 saturated carbocycles. The van der Waals surface area contributed by atoms with Crippen molar-refractivity contribution in [2.45, 2.75) is 33.2 Å². The molecule has 0 saturated heterocycles. The van der Waals surface area contributed by atoms with Gasteiger partial charge in [0, 0.05) is 25.5 Å². The molecule has 1 aromatic heterocycles. The Balaban J connectivity index is 1.68. The maximum absolute atomic E-state index is 11.2. The fraction of sp³-hybridized carbons (Fsp3) is 0.200. The number of rotatable bonds is 6. The van der Waals surface area contributed by atoms with Gasteiger partial charge in [0.05, 0.1) is 20.0 Å². The predicted octanol–water partition coefficient (Wildman–Crippen LogP) is 7.45. The molecule has 0 aliphatic carbocycles. The van der Waals surface area contributed by atoms with Gasteiger partial charge in [0.25, 0.3) is 0 Å². The molecule has 4 aromatic rings. The first-order valence-corrected chi connectivity index (χ1v) is 11.8. The van der Waals surface area contributed by atoms with Gasteiger partial charge < -0.3 is 14.0 Å². The zero-order valence-electron chi connectivity index (χ0n) is 17.9. The molecule has 0 fully saturated rings. The van der Waals surface area contributed by atoms with E-state index in [0.717, 1.165) is 23.4 Å². The summed E-state index contributed by atoms with van der Waals surface area (Å²) in [5, 5.41) is 0. The van der Waals surface area contributed by atoms with Crippen molar-refractivity contribution in [3.63, 3.8) is 0 Å². The number of fused-ring (bicyclic) bond motifs is 1. The van der Waals surface area contributed by atoms with Gasteiger partial charge in [0.2, 0.25) is 0 Å². The molecule has 0 radical (unpaired) electrons. The number of imidazole rings is 1. The van der Waals surface area contributed by atoms with Crippen LogP contribution < -0.4 is 9.47 Å². The number of carbonyl (C=O) groups is 1. The van der Waals surface area contributed by atoms with E-state index in [1.807, 2.05) is 24.3 Å². The van der Waals surface area contributed by atoms with E-state index in [4.69, 9.17) is 14.5 Å². The van der Waals surface area contributed by atoms with Crippen LogP contribution in [0.3, 0.4) is 0 Å². The highest BCUT2D eigenvalue weighted by molar-refractivity contribution is 9.11. The third kappa shape index (κ3) is 4.89. The molecule has 0 aliphatic rings. The van der Waals surface area contributed by atoms with Crippen LogP contribution in [0.4, 0.5) is 0 Å². The van der Waals surface area contributed by atoms with E-state index in [-0.39, 0.29) is 11.9 Å². The van der Waals surface area contributed by atoms with Crippen LogP contribution in [0, 0.1) is 0 Å². The lowest BCUT2D eigenvalue weighted by Crippen LogP contribution is -2.06. The first-order chi connectivity index (χ1) is 15.3. The zero-order valence-corrected chi connectivity index (χ0v) is 21.1. The summed E-state index contributed by atoms with van der Waals surface area (Å²) in [6.45, 7) is 6.43. The predicted molar refractivity (Wildman–Crippen MR) is 133 cm³/mol. The third-order valence-electron chi connectivity index (χ3n) is 4.90. The fourth-order valence-corrected chi connectivity index (χ4v) is 4.85. The second-order valence-electron chi connectivity index (χ2n) is 7.76. The Hall–Kier alpha value is -2.64. The number of benzene rings is 3. The second-order valence-corrected chi connectivity index (χ2v) is 9.47. The van der Waals surface area contributed by atoms with Gasteiger partial charge in [-0.1, -0.05) is 44.2 Å². The molecule has 0 unspecified atom stereocenters. The molecule has 0 bridgehead atoms. The van der Waals surface area contributed by atoms with Crippen molar-refractivity contribution in [3.05, 3.63) is 81.0 Å². The minimum Gasteiger partial charge on any atom is -0.455 e. The van der Waals surface area contributed by atoms with Crippen LogP contribution >= 0.6 is 31.9 Å². The molecule has 5 nitrogen and oxygen atoms in total. The number of aromatic nitrogens is 2. The number of ether oxygens (including phenoxy) is 2. The maximum atomic E-state index is 11.2. The number of carbonyl (C=O) groups excluding carboxylic acids is 1. The standard InChI is InChI=1S/C25H22Br2N2O3/c1-15(2)25-28-22-13-18(9-10-23(22)29(25)14-17-7-5-4-6-8-17)32-24-20(26)11-19(12-21(24)27)31-16(3)30/h4-13,15H,14H2,1-3H3. The summed E-state index contributed by atoms with van der Waals surface area (Å²) in [6, 6.07) is 19.7. The summed E-state index contributed by atoms with van der Waals surface area (Å²) >= 11 is 7.00. The van der Waals surface area contributed by atoms with Crippen molar-refractivity contribution in [1.82, 2.24) is 9.55 Å². The van der Waals surface area contributed by atoms with Crippen LogP contribution in [-0.2, 0) is 11.3 Å². The molecule has 164 valence electrons. The van der Waals surface area contributed by atoms with Gasteiger partial charge in [-0.2, -0.15) is 0 Å². The van der Waals surface area contributed by atoms with Crippen LogP contribution in [0.1, 0.15) is 38.1 Å². The van der Waals surface area contributed by atoms with Gasteiger partial charge in [0.15, 0.2) is 5.75 Å². The smallest absolute Gasteiger partial charge is 0.308 e. The Morgan fingerprint density at radius 3 is 2.31 bits per heavy atom. The minimum absolute atomic E-state index is 0.285. The first kappa shape index (κ1) is 22.6. The summed E-state index contributed by atoms with van der Waals surface area (Å²) < 4.78 is 14.9. The highest BCUT2D eigenvalue weighted by Gasteiger charge is 2.16. The van der Waals surface area contributed by atoms with Crippen LogP contribution in [0.5, 0.6) is 17.2 Å². The van der Waals surface area contributed by atoms with Gasteiger partial charge in [-0.3, -0.25) is 4.79 Å². The SMILES string of the molecule is CC(=O)Oc1cc(Br)c(Oc2ccc3c(c2)nc(C(C)C)n3Cc2ccccc2)c(Br)c1. The Labute approximate surface area is 203 Å². The molecule has 0 atom stereocenters. The Bertz CT molecular complexity index is 1260. The lowest BCUT2D eigenvalue weighted by Gasteiger charge is -2.13. The summed E-state index contributed by atoms with van der Waals surface area (Å²) in [5.74, 6) is 2.63. The highest BCUT2D eigenvalue weighted by Crippen LogP contribution is 2.40. The molecule has 0 aliphatic heterocycles. The van der Waals surface area contributed by atoms with E-state index in [9.17, 15) is 4.79 Å². The molecule has 32 heavy (non-hydrogen) atoms. The average molecular weight is 558 g/mol. The number of hydrogen-bond acceptors (Lipinski definition) is 4. The van der Waals surface area contributed by atoms with Crippen LogP contribution in [0.25, 0.3) is 11.0 Å². The first-order valence-electron chi connectivity index (χ1n) is 10.2. The van der Waals surface area contributed by atoms with E-state index >= 15 is 0 Å². The average Bonchev–Trinajstić information content (AvgIpc) is 3.09. The topological polar surface area (TPSA) is 53.4 Å². The Morgan fingerprint density at radius 1 is 1.00 bits per heavy atom. The molecule has 0 amide bonds. The summed E-state index contributed by atoms with van der Waals surface area (Å²) in [6.07, 6.45) is 0. The van der Waals surface area contributed by atoms with E-state index < -0.39 is 0 Å². The van der Waals surface area contributed by atoms with E-state index in [1.54, 1.807) is 12.1 Å². The number of hydrogen-bond donors (Lipinski definition) is 0. The van der Waals surface area contributed by atoms with Crippen molar-refractivity contribution >= 4 is 48.9 Å². The van der Waals surface area contributed by atoms with Crippen molar-refractivity contribution in [1.29, 1.82) is 0 Å². The summed E-state index contributed by atoms with van der Waals surface area (Å²) in [4.78, 5) is 16.1. The van der Waals surface area contributed by atoms with Gasteiger partial charge >= 0.3 is 5.97 Å². The number of nitrogens with zero attached hydrogens (tertiary/aromatic N) is 2. The molecular weight excluding hydrogens is 536 g/mol. The van der Waals surface area contributed by atoms with E-state index in [0.29, 0.717) is 26.2 Å². The molecule has 0 spiro atoms. The van der Waals surface area contributed by atoms with Crippen LogP contribution in [0.15, 0.2) is 69.6 Å². The van der Waals surface area contributed by atoms with Gasteiger partial charge in [-0.05, 0) is 61.7 Å². The van der Waals surface area contributed by atoms with Crippen LogP contribution in [-0.4, -0.2) is 15.5 Å². The van der Waals surface area contributed by atoms with Crippen molar-refractivity contribution in [2.75, 3.05) is 0 Å². The van der Waals surface area contributed by atoms with E-state index in [1.165, 1.54) is 12.5 Å². The normalized spacial score (nSPS) is 11.2. The lowest BCUT2D eigenvalue weighted by atomic mass is 10.2. The Morgan fingerprint density at radius 2 is 1.69 bits per heavy atom. The number of halogens is 2. The zero-order chi connectivity index (χ0) is 22.8. The van der Waals surface area contributed by atoms with E-state index in [2.05, 4.69) is 74.5 Å². The van der Waals surface area contributed by atoms with Gasteiger partial charge in [0.1, 0.15) is 17.3 Å². The quantitative estimate of drug-likeness (QED) is 0.182. The molecular formula is C25H22Br2N2O3. The molecule has 0 N–H and O–H groups in total. The summed E-state index contributed by atoms with van der Waals surface area (Å²) in [7, 11) is 0. The fourth-order valence-electron chi connectivity index (χ4n) is 3.54. The van der Waals surface area contributed by atoms with Gasteiger partial charge in [-0.15, -0.1) is 0 Å². The second kappa shape index (κ2) is 9.46. The maximum Gasteiger partial charge on any atom is 0.308 e. The lowest BCUT2D eigenvalue weighted by molar-refractivity contribution is -0.131. The monoisotopic (exact) mass is 556 g/mol. The molecule has 4 rings (SSSR count). The van der Waals surface area contributed by atoms with Gasteiger partial charge in [-0.25, -0.2) is 4.98 Å². The largest absolute Gasteiger partial charge is 0.455 e. The minimum atomic E-state index is -0.380. The molecule has 7 heteroatoms. The van der Waals surface area contributed by atoms with Crippen molar-refractivity contribution in [3.8, 4) is 17.2 Å². The molecule has 3 aromatic carbocycles. The van der Waals surface area contributed by atoms with Crippen LogP contribution in [0.2, 0.25) is 0 Å². The third-order valence-corrected chi connectivity index (χ3v) is 6.08. The highest BCUT2D eigenvalue weighted by atomic mass is 79.9. The number of esters is 1. The summed E-state index contributed by atoms with van der Waals surface area (Å²) in [5.41, 5.74) is 3.17. The van der Waals surface area contributed by atoms with Crippen molar-refractivity contribution < 1.29 is 14.3 Å². The van der Waals surface area contributed by atoms with Crippen molar-refractivity contribution in [2.24, 2.45) is 0 Å². The Kier molecular flexibility index (Phi) is 6.67. The molecule has 1 heterocycles.